The number of benzene rings is 1. The van der Waals surface area contributed by atoms with Crippen molar-refractivity contribution in [3.05, 3.63) is 35.1 Å². The summed E-state index contributed by atoms with van der Waals surface area (Å²) in [5.74, 6) is -0.524. The zero-order chi connectivity index (χ0) is 12.7. The molecule has 0 saturated carbocycles. The second kappa shape index (κ2) is 7.43. The van der Waals surface area contributed by atoms with Crippen molar-refractivity contribution in [3.63, 3.8) is 0 Å². The molecule has 0 aliphatic heterocycles. The van der Waals surface area contributed by atoms with E-state index in [1.54, 1.807) is 13.0 Å². The van der Waals surface area contributed by atoms with E-state index in [0.717, 1.165) is 17.3 Å². The van der Waals surface area contributed by atoms with E-state index in [9.17, 15) is 9.18 Å². The molecule has 0 heterocycles. The lowest BCUT2D eigenvalue weighted by Crippen LogP contribution is -2.06. The first-order valence-electron chi connectivity index (χ1n) is 5.66. The third kappa shape index (κ3) is 4.86. The van der Waals surface area contributed by atoms with Crippen LogP contribution in [-0.2, 0) is 22.4 Å². The smallest absolute Gasteiger partial charge is 0.306 e. The lowest BCUT2D eigenvalue weighted by atomic mass is 10.1. The second-order valence-electron chi connectivity index (χ2n) is 3.67. The Morgan fingerprint density at radius 2 is 2.18 bits per heavy atom. The van der Waals surface area contributed by atoms with E-state index in [2.05, 4.69) is 15.9 Å². The van der Waals surface area contributed by atoms with E-state index in [-0.39, 0.29) is 18.2 Å². The van der Waals surface area contributed by atoms with Gasteiger partial charge in [0.2, 0.25) is 0 Å². The van der Waals surface area contributed by atoms with Crippen LogP contribution in [0.5, 0.6) is 0 Å². The highest BCUT2D eigenvalue weighted by atomic mass is 79.9. The van der Waals surface area contributed by atoms with Gasteiger partial charge in [-0.25, -0.2) is 4.39 Å². The molecule has 1 aromatic rings. The molecule has 0 amide bonds. The molecule has 0 radical (unpaired) electrons. The van der Waals surface area contributed by atoms with Crippen molar-refractivity contribution < 1.29 is 13.9 Å². The van der Waals surface area contributed by atoms with Crippen LogP contribution in [0.15, 0.2) is 18.2 Å². The van der Waals surface area contributed by atoms with Crippen molar-refractivity contribution in [2.75, 3.05) is 11.9 Å². The van der Waals surface area contributed by atoms with Crippen LogP contribution in [0.2, 0.25) is 0 Å². The van der Waals surface area contributed by atoms with Crippen LogP contribution in [0.4, 0.5) is 4.39 Å². The maximum absolute atomic E-state index is 13.6. The fourth-order valence-electron chi connectivity index (χ4n) is 1.53. The Labute approximate surface area is 109 Å². The predicted octanol–water partition coefficient (Wildman–Crippen LogP) is 3.26. The highest BCUT2D eigenvalue weighted by molar-refractivity contribution is 9.09. The lowest BCUT2D eigenvalue weighted by Gasteiger charge is -2.05. The summed E-state index contributed by atoms with van der Waals surface area (Å²) in [6, 6.07) is 5.17. The zero-order valence-corrected chi connectivity index (χ0v) is 11.4. The molecule has 2 nitrogen and oxygen atoms in total. The first kappa shape index (κ1) is 14.2. The van der Waals surface area contributed by atoms with Gasteiger partial charge >= 0.3 is 5.97 Å². The number of ether oxygens (including phenoxy) is 1. The van der Waals surface area contributed by atoms with Gasteiger partial charge in [0.05, 0.1) is 6.61 Å². The number of hydrogen-bond acceptors (Lipinski definition) is 2. The third-order valence-electron chi connectivity index (χ3n) is 2.40. The van der Waals surface area contributed by atoms with Gasteiger partial charge in [0.25, 0.3) is 0 Å². The van der Waals surface area contributed by atoms with Crippen molar-refractivity contribution >= 4 is 21.9 Å². The largest absolute Gasteiger partial charge is 0.466 e. The maximum atomic E-state index is 13.6. The molecule has 0 aliphatic carbocycles. The number of carbonyl (C=O) groups excluding carboxylic acids is 1. The minimum absolute atomic E-state index is 0.225. The second-order valence-corrected chi connectivity index (χ2v) is 4.46. The first-order valence-corrected chi connectivity index (χ1v) is 6.78. The Bertz CT molecular complexity index is 380. The van der Waals surface area contributed by atoms with E-state index in [1.165, 1.54) is 6.07 Å². The van der Waals surface area contributed by atoms with Crippen LogP contribution in [-0.4, -0.2) is 17.9 Å². The fourth-order valence-corrected chi connectivity index (χ4v) is 1.99. The summed E-state index contributed by atoms with van der Waals surface area (Å²) < 4.78 is 18.4. The molecule has 1 rings (SSSR count). The quantitative estimate of drug-likeness (QED) is 0.595. The van der Waals surface area contributed by atoms with Gasteiger partial charge < -0.3 is 4.74 Å². The number of esters is 1. The Kier molecular flexibility index (Phi) is 6.19. The molecule has 94 valence electrons. The Morgan fingerprint density at radius 3 is 2.76 bits per heavy atom. The van der Waals surface area contributed by atoms with Gasteiger partial charge in [-0.1, -0.05) is 28.1 Å². The van der Waals surface area contributed by atoms with E-state index in [4.69, 9.17) is 4.74 Å². The molecule has 0 N–H and O–H groups in total. The molecule has 0 spiro atoms. The topological polar surface area (TPSA) is 26.3 Å². The van der Waals surface area contributed by atoms with Gasteiger partial charge in [-0.3, -0.25) is 4.79 Å². The van der Waals surface area contributed by atoms with Crippen molar-refractivity contribution in [2.24, 2.45) is 0 Å². The van der Waals surface area contributed by atoms with Gasteiger partial charge in [-0.2, -0.15) is 0 Å². The molecule has 0 bridgehead atoms. The predicted molar refractivity (Wildman–Crippen MR) is 68.9 cm³/mol. The highest BCUT2D eigenvalue weighted by Gasteiger charge is 2.07. The Hall–Kier alpha value is -0.900. The van der Waals surface area contributed by atoms with Gasteiger partial charge in [-0.05, 0) is 37.0 Å². The van der Waals surface area contributed by atoms with Crippen molar-refractivity contribution in [1.29, 1.82) is 0 Å². The van der Waals surface area contributed by atoms with Crippen molar-refractivity contribution in [1.82, 2.24) is 0 Å². The Balaban J connectivity index is 2.57. The zero-order valence-electron chi connectivity index (χ0n) is 9.84. The molecular weight excluding hydrogens is 287 g/mol. The van der Waals surface area contributed by atoms with E-state index >= 15 is 0 Å². The standard InChI is InChI=1S/C13H16BrFO2/c1-2-17-13(16)6-5-11-4-3-10(7-8-14)9-12(11)15/h3-4,9H,2,5-8H2,1H3. The van der Waals surface area contributed by atoms with E-state index in [0.29, 0.717) is 18.6 Å². The minimum Gasteiger partial charge on any atom is -0.466 e. The average Bonchev–Trinajstić information content (AvgIpc) is 2.29. The van der Waals surface area contributed by atoms with Gasteiger partial charge in [0.1, 0.15) is 5.82 Å². The fraction of sp³-hybridized carbons (Fsp3) is 0.462. The van der Waals surface area contributed by atoms with Crippen LogP contribution in [0.1, 0.15) is 24.5 Å². The molecular formula is C13H16BrFO2. The van der Waals surface area contributed by atoms with Crippen molar-refractivity contribution in [2.45, 2.75) is 26.2 Å². The summed E-state index contributed by atoms with van der Waals surface area (Å²) >= 11 is 3.31. The van der Waals surface area contributed by atoms with Gasteiger partial charge in [0, 0.05) is 11.8 Å². The molecule has 0 unspecified atom stereocenters. The van der Waals surface area contributed by atoms with Crippen molar-refractivity contribution in [3.8, 4) is 0 Å². The molecule has 1 aromatic carbocycles. The van der Waals surface area contributed by atoms with Crippen LogP contribution in [0, 0.1) is 5.82 Å². The SMILES string of the molecule is CCOC(=O)CCc1ccc(CCBr)cc1F. The third-order valence-corrected chi connectivity index (χ3v) is 2.80. The maximum Gasteiger partial charge on any atom is 0.306 e. The number of carbonyl (C=O) groups is 1. The van der Waals surface area contributed by atoms with E-state index in [1.807, 2.05) is 6.07 Å². The summed E-state index contributed by atoms with van der Waals surface area (Å²) in [6.07, 6.45) is 1.41. The summed E-state index contributed by atoms with van der Waals surface area (Å²) in [5, 5.41) is 0.814. The lowest BCUT2D eigenvalue weighted by molar-refractivity contribution is -0.143. The number of hydrogen-bond donors (Lipinski definition) is 0. The summed E-state index contributed by atoms with van der Waals surface area (Å²) in [7, 11) is 0. The number of rotatable bonds is 6. The summed E-state index contributed by atoms with van der Waals surface area (Å²) in [4.78, 5) is 11.1. The van der Waals surface area contributed by atoms with Gasteiger partial charge in [0.15, 0.2) is 0 Å². The molecule has 0 atom stereocenters. The van der Waals surface area contributed by atoms with Crippen LogP contribution < -0.4 is 0 Å². The Morgan fingerprint density at radius 1 is 1.41 bits per heavy atom. The molecule has 0 aromatic heterocycles. The first-order chi connectivity index (χ1) is 8.17. The van der Waals surface area contributed by atoms with Crippen LogP contribution in [0.25, 0.3) is 0 Å². The molecule has 0 saturated heterocycles. The molecule has 0 aliphatic rings. The average molecular weight is 303 g/mol. The summed E-state index contributed by atoms with van der Waals surface area (Å²) in [5.41, 5.74) is 1.52. The highest BCUT2D eigenvalue weighted by Crippen LogP contribution is 2.13. The monoisotopic (exact) mass is 302 g/mol. The van der Waals surface area contributed by atoms with Gasteiger partial charge in [-0.15, -0.1) is 0 Å². The number of halogens is 2. The van der Waals surface area contributed by atoms with Crippen LogP contribution >= 0.6 is 15.9 Å². The summed E-state index contributed by atoms with van der Waals surface area (Å²) in [6.45, 7) is 2.12. The number of alkyl halides is 1. The molecule has 17 heavy (non-hydrogen) atoms. The molecule has 0 fully saturated rings. The van der Waals surface area contributed by atoms with E-state index < -0.39 is 0 Å². The minimum atomic E-state index is -0.281. The van der Waals surface area contributed by atoms with Crippen LogP contribution in [0.3, 0.4) is 0 Å². The normalized spacial score (nSPS) is 10.3. The number of aryl methyl sites for hydroxylation is 2. The molecule has 4 heteroatoms.